The smallest absolute Gasteiger partial charge is 0.299 e. The number of rotatable bonds is 6. The first-order valence-electron chi connectivity index (χ1n) is 4.69. The molecule has 0 fully saturated rings. The Bertz CT molecular complexity index is 478. The number of aromatic hydroxyl groups is 1. The van der Waals surface area contributed by atoms with Crippen molar-refractivity contribution in [1.29, 1.82) is 0 Å². The van der Waals surface area contributed by atoms with E-state index < -0.39 is 10.2 Å². The van der Waals surface area contributed by atoms with Gasteiger partial charge in [-0.2, -0.15) is 13.1 Å². The summed E-state index contributed by atoms with van der Waals surface area (Å²) >= 11 is 5.62. The Hall–Kier alpha value is -1.02. The summed E-state index contributed by atoms with van der Waals surface area (Å²) in [7, 11) is -2.26. The van der Waals surface area contributed by atoms with Gasteiger partial charge in [-0.1, -0.05) is 11.6 Å². The molecule has 0 spiro atoms. The molecule has 0 amide bonds. The van der Waals surface area contributed by atoms with Crippen molar-refractivity contribution in [2.75, 3.05) is 25.0 Å². The summed E-state index contributed by atoms with van der Waals surface area (Å²) in [5.74, 6) is -0.241. The van der Waals surface area contributed by atoms with Gasteiger partial charge in [-0.15, -0.1) is 0 Å². The van der Waals surface area contributed by atoms with Crippen LogP contribution in [0, 0.1) is 0 Å². The third-order valence-corrected chi connectivity index (χ3v) is 3.11. The lowest BCUT2D eigenvalue weighted by atomic mass is 10.3. The average molecular weight is 281 g/mol. The van der Waals surface area contributed by atoms with Gasteiger partial charge in [-0.3, -0.25) is 4.72 Å². The number of anilines is 1. The number of ether oxygens (including phenoxy) is 1. The third kappa shape index (κ3) is 4.78. The molecule has 6 nitrogen and oxygen atoms in total. The Morgan fingerprint density at radius 2 is 2.18 bits per heavy atom. The summed E-state index contributed by atoms with van der Waals surface area (Å²) in [5.41, 5.74) is 0.0549. The van der Waals surface area contributed by atoms with E-state index in [1.54, 1.807) is 0 Å². The Labute approximate surface area is 105 Å². The summed E-state index contributed by atoms with van der Waals surface area (Å²) in [4.78, 5) is 0. The Morgan fingerprint density at radius 1 is 1.47 bits per heavy atom. The highest BCUT2D eigenvalue weighted by molar-refractivity contribution is 7.90. The maximum Gasteiger partial charge on any atom is 0.299 e. The molecule has 0 aliphatic carbocycles. The monoisotopic (exact) mass is 280 g/mol. The molecular formula is C9H13ClN2O4S. The lowest BCUT2D eigenvalue weighted by molar-refractivity contribution is 0.204. The number of phenolic OH excluding ortho intramolecular Hbond substituents is 1. The lowest BCUT2D eigenvalue weighted by Crippen LogP contribution is -2.32. The van der Waals surface area contributed by atoms with Gasteiger partial charge in [0.2, 0.25) is 0 Å². The van der Waals surface area contributed by atoms with E-state index in [0.717, 1.165) is 0 Å². The van der Waals surface area contributed by atoms with E-state index in [9.17, 15) is 13.5 Å². The zero-order valence-electron chi connectivity index (χ0n) is 9.10. The molecule has 8 heteroatoms. The SMILES string of the molecule is COCCNS(=O)(=O)Nc1ccc(Cl)cc1O. The van der Waals surface area contributed by atoms with Gasteiger partial charge in [0.25, 0.3) is 10.2 Å². The van der Waals surface area contributed by atoms with Crippen LogP contribution in [0.15, 0.2) is 18.2 Å². The normalized spacial score (nSPS) is 11.4. The highest BCUT2D eigenvalue weighted by atomic mass is 35.5. The van der Waals surface area contributed by atoms with Crippen molar-refractivity contribution in [3.8, 4) is 5.75 Å². The van der Waals surface area contributed by atoms with Gasteiger partial charge >= 0.3 is 0 Å². The number of methoxy groups -OCH3 is 1. The number of hydrogen-bond donors (Lipinski definition) is 3. The highest BCUT2D eigenvalue weighted by Gasteiger charge is 2.11. The van der Waals surface area contributed by atoms with E-state index >= 15 is 0 Å². The third-order valence-electron chi connectivity index (χ3n) is 1.80. The molecule has 0 aromatic heterocycles. The Balaban J connectivity index is 2.69. The molecular weight excluding hydrogens is 268 g/mol. The fourth-order valence-electron chi connectivity index (χ4n) is 1.05. The minimum atomic E-state index is -3.73. The zero-order valence-corrected chi connectivity index (χ0v) is 10.7. The van der Waals surface area contributed by atoms with Gasteiger partial charge in [0, 0.05) is 24.7 Å². The molecule has 1 rings (SSSR count). The minimum absolute atomic E-state index is 0.0549. The molecule has 0 aliphatic rings. The van der Waals surface area contributed by atoms with Crippen LogP contribution in [0.4, 0.5) is 5.69 Å². The fourth-order valence-corrected chi connectivity index (χ4v) is 2.10. The second-order valence-electron chi connectivity index (χ2n) is 3.15. The maximum absolute atomic E-state index is 11.5. The summed E-state index contributed by atoms with van der Waals surface area (Å²) < 4.78 is 32.1. The van der Waals surface area contributed by atoms with E-state index in [4.69, 9.17) is 16.3 Å². The van der Waals surface area contributed by atoms with Crippen molar-refractivity contribution in [3.63, 3.8) is 0 Å². The Kier molecular flexibility index (Phi) is 5.01. The minimum Gasteiger partial charge on any atom is -0.506 e. The van der Waals surface area contributed by atoms with Crippen molar-refractivity contribution >= 4 is 27.5 Å². The van der Waals surface area contributed by atoms with Crippen LogP contribution in [-0.4, -0.2) is 33.8 Å². The predicted octanol–water partition coefficient (Wildman–Crippen LogP) is 0.938. The van der Waals surface area contributed by atoms with Crippen LogP contribution in [-0.2, 0) is 14.9 Å². The number of halogens is 1. The molecule has 0 aliphatic heterocycles. The fraction of sp³-hybridized carbons (Fsp3) is 0.333. The quantitative estimate of drug-likeness (QED) is 0.534. The zero-order chi connectivity index (χ0) is 12.9. The van der Waals surface area contributed by atoms with E-state index in [2.05, 4.69) is 9.44 Å². The maximum atomic E-state index is 11.5. The molecule has 96 valence electrons. The highest BCUT2D eigenvalue weighted by Crippen LogP contribution is 2.26. The van der Waals surface area contributed by atoms with Crippen molar-refractivity contribution in [2.24, 2.45) is 0 Å². The molecule has 0 saturated heterocycles. The molecule has 1 aromatic rings. The van der Waals surface area contributed by atoms with Crippen molar-refractivity contribution in [1.82, 2.24) is 4.72 Å². The molecule has 3 N–H and O–H groups in total. The van der Waals surface area contributed by atoms with E-state index in [0.29, 0.717) is 5.02 Å². The molecule has 0 atom stereocenters. The van der Waals surface area contributed by atoms with Gasteiger partial charge in [0.15, 0.2) is 0 Å². The van der Waals surface area contributed by atoms with Crippen LogP contribution in [0.1, 0.15) is 0 Å². The molecule has 0 saturated carbocycles. The Morgan fingerprint density at radius 3 is 2.76 bits per heavy atom. The molecule has 1 aromatic carbocycles. The first-order chi connectivity index (χ1) is 7.94. The van der Waals surface area contributed by atoms with E-state index in [1.165, 1.54) is 25.3 Å². The molecule has 0 unspecified atom stereocenters. The average Bonchev–Trinajstić information content (AvgIpc) is 2.22. The van der Waals surface area contributed by atoms with E-state index in [1.807, 2.05) is 0 Å². The number of phenols is 1. The second-order valence-corrected chi connectivity index (χ2v) is 5.09. The van der Waals surface area contributed by atoms with Gasteiger partial charge in [0.05, 0.1) is 12.3 Å². The van der Waals surface area contributed by atoms with Gasteiger partial charge in [-0.05, 0) is 12.1 Å². The number of benzene rings is 1. The van der Waals surface area contributed by atoms with Crippen LogP contribution in [0.5, 0.6) is 5.75 Å². The number of hydrogen-bond acceptors (Lipinski definition) is 4. The molecule has 0 heterocycles. The van der Waals surface area contributed by atoms with Crippen molar-refractivity contribution < 1.29 is 18.3 Å². The standard InChI is InChI=1S/C9H13ClN2O4S/c1-16-5-4-11-17(14,15)12-8-3-2-7(10)6-9(8)13/h2-3,6,11-13H,4-5H2,1H3. The topological polar surface area (TPSA) is 87.7 Å². The van der Waals surface area contributed by atoms with Gasteiger partial charge < -0.3 is 9.84 Å². The summed E-state index contributed by atoms with van der Waals surface area (Å²) in [6.07, 6.45) is 0. The molecule has 0 radical (unpaired) electrons. The van der Waals surface area contributed by atoms with Crippen LogP contribution in [0.25, 0.3) is 0 Å². The number of nitrogens with one attached hydrogen (secondary N) is 2. The van der Waals surface area contributed by atoms with E-state index in [-0.39, 0.29) is 24.6 Å². The van der Waals surface area contributed by atoms with Crippen LogP contribution >= 0.6 is 11.6 Å². The van der Waals surface area contributed by atoms with Crippen LogP contribution < -0.4 is 9.44 Å². The summed E-state index contributed by atoms with van der Waals surface area (Å²) in [6, 6.07) is 4.08. The summed E-state index contributed by atoms with van der Waals surface area (Å²) in [6.45, 7) is 0.397. The second kappa shape index (κ2) is 6.06. The van der Waals surface area contributed by atoms with Gasteiger partial charge in [0.1, 0.15) is 5.75 Å². The van der Waals surface area contributed by atoms with Crippen LogP contribution in [0.2, 0.25) is 5.02 Å². The first kappa shape index (κ1) is 14.0. The largest absolute Gasteiger partial charge is 0.506 e. The van der Waals surface area contributed by atoms with Gasteiger partial charge in [-0.25, -0.2) is 0 Å². The van der Waals surface area contributed by atoms with Crippen molar-refractivity contribution in [3.05, 3.63) is 23.2 Å². The predicted molar refractivity (Wildman–Crippen MR) is 65.5 cm³/mol. The first-order valence-corrected chi connectivity index (χ1v) is 6.55. The molecule has 0 bridgehead atoms. The van der Waals surface area contributed by atoms with Crippen LogP contribution in [0.3, 0.4) is 0 Å². The van der Waals surface area contributed by atoms with Crippen molar-refractivity contribution in [2.45, 2.75) is 0 Å². The summed E-state index contributed by atoms with van der Waals surface area (Å²) in [5, 5.41) is 9.78. The lowest BCUT2D eigenvalue weighted by Gasteiger charge is -2.10. The molecule has 17 heavy (non-hydrogen) atoms.